The number of likely N-dealkylation sites (tertiary alicyclic amines) is 1. The second kappa shape index (κ2) is 5.18. The van der Waals surface area contributed by atoms with E-state index in [1.165, 1.54) is 0 Å². The van der Waals surface area contributed by atoms with E-state index in [2.05, 4.69) is 19.2 Å². The van der Waals surface area contributed by atoms with Crippen molar-refractivity contribution < 1.29 is 18.0 Å². The molecule has 0 radical (unpaired) electrons. The zero-order chi connectivity index (χ0) is 15.1. The number of carbonyl (C=O) groups excluding carboxylic acids is 1. The van der Waals surface area contributed by atoms with Crippen molar-refractivity contribution in [3.63, 3.8) is 0 Å². The van der Waals surface area contributed by atoms with E-state index in [0.29, 0.717) is 11.8 Å². The number of rotatable bonds is 3. The minimum Gasteiger partial charge on any atom is -0.346 e. The van der Waals surface area contributed by atoms with Gasteiger partial charge in [0.05, 0.1) is 6.04 Å². The molecule has 2 saturated heterocycles. The molecule has 2 aliphatic heterocycles. The summed E-state index contributed by atoms with van der Waals surface area (Å²) in [6.07, 6.45) is -4.36. The summed E-state index contributed by atoms with van der Waals surface area (Å²) in [5.74, 6) is 0.367. The normalized spacial score (nSPS) is 31.1. The van der Waals surface area contributed by atoms with Gasteiger partial charge in [-0.2, -0.15) is 13.2 Å². The Balaban J connectivity index is 1.99. The van der Waals surface area contributed by atoms with E-state index in [1.807, 2.05) is 10.2 Å². The maximum absolute atomic E-state index is 12.2. The molecule has 2 aliphatic rings. The molecule has 1 amide bonds. The van der Waals surface area contributed by atoms with Crippen molar-refractivity contribution >= 4 is 5.91 Å². The highest BCUT2D eigenvalue weighted by atomic mass is 19.4. The van der Waals surface area contributed by atoms with Gasteiger partial charge in [0.25, 0.3) is 0 Å². The zero-order valence-corrected chi connectivity index (χ0v) is 12.0. The van der Waals surface area contributed by atoms with Crippen LogP contribution in [0.15, 0.2) is 0 Å². The number of nitrogens with zero attached hydrogens (tertiary/aromatic N) is 1. The Kier molecular flexibility index (Phi) is 4.03. The van der Waals surface area contributed by atoms with Gasteiger partial charge in [-0.1, -0.05) is 0 Å². The molecule has 116 valence electrons. The van der Waals surface area contributed by atoms with Crippen molar-refractivity contribution in [3.05, 3.63) is 0 Å². The lowest BCUT2D eigenvalue weighted by atomic mass is 9.84. The van der Waals surface area contributed by atoms with E-state index in [1.54, 1.807) is 6.92 Å². The average Bonchev–Trinajstić information content (AvgIpc) is 2.87. The number of halogens is 3. The first-order valence-corrected chi connectivity index (χ1v) is 6.95. The SMILES string of the molecule is CC(C(=O)NCC(F)(F)F)N1CC2CNCC2C1(C)C. The van der Waals surface area contributed by atoms with Gasteiger partial charge in [0, 0.05) is 18.6 Å². The predicted octanol–water partition coefficient (Wildman–Crippen LogP) is 0.983. The number of hydrogen-bond donors (Lipinski definition) is 2. The summed E-state index contributed by atoms with van der Waals surface area (Å²) in [6, 6.07) is -0.544. The van der Waals surface area contributed by atoms with Crippen LogP contribution >= 0.6 is 0 Å². The van der Waals surface area contributed by atoms with Crippen molar-refractivity contribution in [2.75, 3.05) is 26.2 Å². The Morgan fingerprint density at radius 2 is 2.10 bits per heavy atom. The van der Waals surface area contributed by atoms with E-state index in [9.17, 15) is 18.0 Å². The van der Waals surface area contributed by atoms with Crippen molar-refractivity contribution in [1.29, 1.82) is 0 Å². The number of carbonyl (C=O) groups is 1. The fourth-order valence-electron chi connectivity index (χ4n) is 3.59. The monoisotopic (exact) mass is 293 g/mol. The molecular formula is C13H22F3N3O. The molecule has 0 aromatic heterocycles. The van der Waals surface area contributed by atoms with Gasteiger partial charge in [-0.05, 0) is 39.2 Å². The van der Waals surface area contributed by atoms with Gasteiger partial charge in [-0.15, -0.1) is 0 Å². The lowest BCUT2D eigenvalue weighted by Crippen LogP contribution is -2.54. The van der Waals surface area contributed by atoms with Crippen LogP contribution in [0.25, 0.3) is 0 Å². The van der Waals surface area contributed by atoms with Crippen LogP contribution in [0.3, 0.4) is 0 Å². The molecule has 20 heavy (non-hydrogen) atoms. The molecule has 2 fully saturated rings. The van der Waals surface area contributed by atoms with Gasteiger partial charge in [-0.25, -0.2) is 0 Å². The summed E-state index contributed by atoms with van der Waals surface area (Å²) >= 11 is 0. The molecule has 4 nitrogen and oxygen atoms in total. The minimum atomic E-state index is -4.36. The van der Waals surface area contributed by atoms with Gasteiger partial charge >= 0.3 is 6.18 Å². The first-order valence-electron chi connectivity index (χ1n) is 6.95. The number of hydrogen-bond acceptors (Lipinski definition) is 3. The van der Waals surface area contributed by atoms with Crippen LogP contribution in [0, 0.1) is 11.8 Å². The average molecular weight is 293 g/mol. The number of fused-ring (bicyclic) bond motifs is 1. The van der Waals surface area contributed by atoms with Crippen LogP contribution in [0.5, 0.6) is 0 Å². The number of alkyl halides is 3. The van der Waals surface area contributed by atoms with Crippen molar-refractivity contribution in [2.24, 2.45) is 11.8 Å². The van der Waals surface area contributed by atoms with Gasteiger partial charge in [0.1, 0.15) is 6.54 Å². The Morgan fingerprint density at radius 3 is 2.65 bits per heavy atom. The van der Waals surface area contributed by atoms with Crippen LogP contribution in [0.2, 0.25) is 0 Å². The molecule has 2 rings (SSSR count). The number of amides is 1. The summed E-state index contributed by atoms with van der Waals surface area (Å²) in [6.45, 7) is 7.13. The van der Waals surface area contributed by atoms with E-state index in [0.717, 1.165) is 19.6 Å². The van der Waals surface area contributed by atoms with Gasteiger partial charge < -0.3 is 10.6 Å². The summed E-state index contributed by atoms with van der Waals surface area (Å²) in [7, 11) is 0. The summed E-state index contributed by atoms with van der Waals surface area (Å²) in [5.41, 5.74) is -0.177. The van der Waals surface area contributed by atoms with Gasteiger partial charge in [0.15, 0.2) is 0 Å². The third kappa shape index (κ3) is 2.93. The van der Waals surface area contributed by atoms with Crippen LogP contribution in [0.1, 0.15) is 20.8 Å². The third-order valence-corrected chi connectivity index (χ3v) is 4.73. The quantitative estimate of drug-likeness (QED) is 0.815. The fourth-order valence-corrected chi connectivity index (χ4v) is 3.59. The van der Waals surface area contributed by atoms with Crippen molar-refractivity contribution in [1.82, 2.24) is 15.5 Å². The predicted molar refractivity (Wildman–Crippen MR) is 69.2 cm³/mol. The zero-order valence-electron chi connectivity index (χ0n) is 12.0. The highest BCUT2D eigenvalue weighted by Crippen LogP contribution is 2.41. The lowest BCUT2D eigenvalue weighted by molar-refractivity contribution is -0.142. The largest absolute Gasteiger partial charge is 0.405 e. The standard InChI is InChI=1S/C13H22F3N3O/c1-8(11(20)18-7-13(14,15)16)19-6-9-4-17-5-10(9)12(19,2)3/h8-10,17H,4-7H2,1-3H3,(H,18,20). The molecular weight excluding hydrogens is 271 g/mol. The molecule has 0 bridgehead atoms. The number of nitrogens with one attached hydrogen (secondary N) is 2. The molecule has 0 spiro atoms. The Hall–Kier alpha value is -0.820. The smallest absolute Gasteiger partial charge is 0.346 e. The second-order valence-electron chi connectivity index (χ2n) is 6.34. The summed E-state index contributed by atoms with van der Waals surface area (Å²) in [4.78, 5) is 14.0. The van der Waals surface area contributed by atoms with Crippen molar-refractivity contribution in [2.45, 2.75) is 38.5 Å². The maximum Gasteiger partial charge on any atom is 0.405 e. The molecule has 0 aliphatic carbocycles. The molecule has 0 aromatic rings. The van der Waals surface area contributed by atoms with Crippen LogP contribution in [-0.2, 0) is 4.79 Å². The first kappa shape index (κ1) is 15.6. The maximum atomic E-state index is 12.2. The Bertz CT molecular complexity index is 384. The highest BCUT2D eigenvalue weighted by Gasteiger charge is 2.51. The van der Waals surface area contributed by atoms with E-state index in [4.69, 9.17) is 0 Å². The minimum absolute atomic E-state index is 0.177. The summed E-state index contributed by atoms with van der Waals surface area (Å²) in [5, 5.41) is 5.32. The van der Waals surface area contributed by atoms with Crippen LogP contribution < -0.4 is 10.6 Å². The van der Waals surface area contributed by atoms with Gasteiger partial charge in [0.2, 0.25) is 5.91 Å². The van der Waals surface area contributed by atoms with Crippen LogP contribution in [-0.4, -0.2) is 54.7 Å². The molecule has 2 N–H and O–H groups in total. The Labute approximate surface area is 117 Å². The first-order chi connectivity index (χ1) is 9.13. The third-order valence-electron chi connectivity index (χ3n) is 4.73. The van der Waals surface area contributed by atoms with E-state index >= 15 is 0 Å². The molecule has 3 unspecified atom stereocenters. The second-order valence-corrected chi connectivity index (χ2v) is 6.34. The summed E-state index contributed by atoms with van der Waals surface area (Å²) < 4.78 is 36.5. The lowest BCUT2D eigenvalue weighted by Gasteiger charge is -2.39. The van der Waals surface area contributed by atoms with E-state index in [-0.39, 0.29) is 5.54 Å². The molecule has 7 heteroatoms. The Morgan fingerprint density at radius 1 is 1.45 bits per heavy atom. The molecule has 0 aromatic carbocycles. The molecule has 0 saturated carbocycles. The van der Waals surface area contributed by atoms with E-state index < -0.39 is 24.7 Å². The van der Waals surface area contributed by atoms with Gasteiger partial charge in [-0.3, -0.25) is 9.69 Å². The highest BCUT2D eigenvalue weighted by molar-refractivity contribution is 5.81. The van der Waals surface area contributed by atoms with Crippen molar-refractivity contribution in [3.8, 4) is 0 Å². The topological polar surface area (TPSA) is 44.4 Å². The molecule has 2 heterocycles. The fraction of sp³-hybridized carbons (Fsp3) is 0.923. The van der Waals surface area contributed by atoms with Crippen LogP contribution in [0.4, 0.5) is 13.2 Å². The molecule has 3 atom stereocenters.